The van der Waals surface area contributed by atoms with Crippen molar-refractivity contribution in [1.29, 1.82) is 0 Å². The van der Waals surface area contributed by atoms with E-state index in [9.17, 15) is 0 Å². The Bertz CT molecular complexity index is 765. The molecular formula is C15H18N6. The molecule has 1 saturated heterocycles. The van der Waals surface area contributed by atoms with Gasteiger partial charge in [-0.1, -0.05) is 0 Å². The molecule has 2 aromatic heterocycles. The maximum atomic E-state index is 5.88. The molecule has 1 aliphatic heterocycles. The molecule has 0 amide bonds. The number of anilines is 2. The number of imidazole rings is 1. The Morgan fingerprint density at radius 2 is 2.00 bits per heavy atom. The normalized spacial score (nSPS) is 15.7. The van der Waals surface area contributed by atoms with Crippen molar-refractivity contribution < 1.29 is 0 Å². The molecule has 1 aromatic carbocycles. The van der Waals surface area contributed by atoms with E-state index >= 15 is 0 Å². The summed E-state index contributed by atoms with van der Waals surface area (Å²) in [5.41, 5.74) is 10.5. The minimum Gasteiger partial charge on any atom is -0.396 e. The molecule has 0 bridgehead atoms. The number of nitrogens with zero attached hydrogens (tertiary/aromatic N) is 3. The molecule has 0 aliphatic carbocycles. The number of hydrogen-bond donors (Lipinski definition) is 3. The van der Waals surface area contributed by atoms with Gasteiger partial charge in [-0.05, 0) is 37.5 Å². The number of aromatic nitrogens is 4. The van der Waals surface area contributed by atoms with E-state index in [0.29, 0.717) is 5.69 Å². The maximum Gasteiger partial charge on any atom is 0.158 e. The van der Waals surface area contributed by atoms with E-state index in [-0.39, 0.29) is 0 Å². The van der Waals surface area contributed by atoms with Crippen molar-refractivity contribution in [3.05, 3.63) is 24.4 Å². The zero-order chi connectivity index (χ0) is 14.2. The Hall–Kier alpha value is -2.50. The topological polar surface area (TPSA) is 86.6 Å². The number of benzene rings is 1. The first kappa shape index (κ1) is 12.3. The number of aromatic amines is 2. The summed E-state index contributed by atoms with van der Waals surface area (Å²) in [6.45, 7) is 2.28. The summed E-state index contributed by atoms with van der Waals surface area (Å²) in [4.78, 5) is 10.3. The third kappa shape index (κ3) is 2.12. The van der Waals surface area contributed by atoms with E-state index < -0.39 is 0 Å². The molecule has 3 heterocycles. The van der Waals surface area contributed by atoms with Crippen LogP contribution in [0.15, 0.2) is 24.4 Å². The molecular weight excluding hydrogens is 264 g/mol. The second kappa shape index (κ2) is 4.80. The fraction of sp³-hybridized carbons (Fsp3) is 0.333. The van der Waals surface area contributed by atoms with Gasteiger partial charge in [0.05, 0.1) is 22.9 Å². The molecule has 0 saturated carbocycles. The maximum absolute atomic E-state index is 5.88. The lowest BCUT2D eigenvalue weighted by molar-refractivity contribution is 0.578. The molecule has 6 heteroatoms. The molecule has 21 heavy (non-hydrogen) atoms. The average molecular weight is 282 g/mol. The first-order valence-corrected chi connectivity index (χ1v) is 7.35. The SMILES string of the molecule is Nc1cn[nH]c1-c1nc2ccc(N3CCCCC3)cc2[nH]1. The summed E-state index contributed by atoms with van der Waals surface area (Å²) in [5, 5.41) is 6.82. The van der Waals surface area contributed by atoms with Crippen LogP contribution in [0.3, 0.4) is 0 Å². The van der Waals surface area contributed by atoms with Gasteiger partial charge in [0, 0.05) is 18.8 Å². The zero-order valence-corrected chi connectivity index (χ0v) is 11.8. The highest BCUT2D eigenvalue weighted by Crippen LogP contribution is 2.27. The summed E-state index contributed by atoms with van der Waals surface area (Å²) in [5.74, 6) is 0.732. The Morgan fingerprint density at radius 3 is 2.76 bits per heavy atom. The number of hydrogen-bond acceptors (Lipinski definition) is 4. The minimum atomic E-state index is 0.602. The van der Waals surface area contributed by atoms with Crippen molar-refractivity contribution in [2.45, 2.75) is 19.3 Å². The fourth-order valence-electron chi connectivity index (χ4n) is 2.95. The van der Waals surface area contributed by atoms with Crippen LogP contribution in [-0.4, -0.2) is 33.3 Å². The number of fused-ring (bicyclic) bond motifs is 1. The van der Waals surface area contributed by atoms with E-state index in [4.69, 9.17) is 5.73 Å². The lowest BCUT2D eigenvalue weighted by Crippen LogP contribution is -2.29. The molecule has 0 atom stereocenters. The van der Waals surface area contributed by atoms with E-state index in [1.807, 2.05) is 0 Å². The second-order valence-corrected chi connectivity index (χ2v) is 5.53. The van der Waals surface area contributed by atoms with E-state index in [1.165, 1.54) is 24.9 Å². The van der Waals surface area contributed by atoms with Crippen LogP contribution in [0, 0.1) is 0 Å². The Labute approximate surface area is 122 Å². The van der Waals surface area contributed by atoms with E-state index in [1.54, 1.807) is 6.20 Å². The van der Waals surface area contributed by atoms with Gasteiger partial charge in [-0.25, -0.2) is 4.98 Å². The van der Waals surface area contributed by atoms with Crippen molar-refractivity contribution in [3.8, 4) is 11.5 Å². The van der Waals surface area contributed by atoms with Crippen molar-refractivity contribution >= 4 is 22.4 Å². The quantitative estimate of drug-likeness (QED) is 0.674. The Morgan fingerprint density at radius 1 is 1.14 bits per heavy atom. The highest BCUT2D eigenvalue weighted by atomic mass is 15.1. The molecule has 4 rings (SSSR count). The first-order chi connectivity index (χ1) is 10.3. The molecule has 6 nitrogen and oxygen atoms in total. The number of H-pyrrole nitrogens is 2. The largest absolute Gasteiger partial charge is 0.396 e. The number of nitrogen functional groups attached to an aromatic ring is 1. The van der Waals surface area contributed by atoms with Crippen LogP contribution in [0.5, 0.6) is 0 Å². The van der Waals surface area contributed by atoms with Crippen molar-refractivity contribution in [1.82, 2.24) is 20.2 Å². The van der Waals surface area contributed by atoms with Crippen LogP contribution >= 0.6 is 0 Å². The van der Waals surface area contributed by atoms with Gasteiger partial charge in [-0.3, -0.25) is 5.10 Å². The van der Waals surface area contributed by atoms with Crippen LogP contribution in [0.1, 0.15) is 19.3 Å². The monoisotopic (exact) mass is 282 g/mol. The number of nitrogens with two attached hydrogens (primary N) is 1. The minimum absolute atomic E-state index is 0.602. The first-order valence-electron chi connectivity index (χ1n) is 7.35. The van der Waals surface area contributed by atoms with Gasteiger partial charge in [-0.2, -0.15) is 5.10 Å². The van der Waals surface area contributed by atoms with Crippen LogP contribution in [-0.2, 0) is 0 Å². The summed E-state index contributed by atoms with van der Waals surface area (Å²) in [6.07, 6.45) is 5.49. The summed E-state index contributed by atoms with van der Waals surface area (Å²) < 4.78 is 0. The lowest BCUT2D eigenvalue weighted by atomic mass is 10.1. The standard InChI is InChI=1S/C15H18N6/c16-11-9-17-20-14(11)15-18-12-5-4-10(8-13(12)19-15)21-6-2-1-3-7-21/h4-5,8-9H,1-3,6-7,16H2,(H,17,20)(H,18,19). The van der Waals surface area contributed by atoms with Gasteiger partial charge in [0.2, 0.25) is 0 Å². The number of piperidine rings is 1. The Kier molecular flexibility index (Phi) is 2.80. The van der Waals surface area contributed by atoms with Crippen molar-refractivity contribution in [2.75, 3.05) is 23.7 Å². The summed E-state index contributed by atoms with van der Waals surface area (Å²) in [6, 6.07) is 6.38. The Balaban J connectivity index is 1.73. The lowest BCUT2D eigenvalue weighted by Gasteiger charge is -2.28. The summed E-state index contributed by atoms with van der Waals surface area (Å²) >= 11 is 0. The third-order valence-electron chi connectivity index (χ3n) is 4.09. The van der Waals surface area contributed by atoms with Crippen LogP contribution in [0.4, 0.5) is 11.4 Å². The van der Waals surface area contributed by atoms with Gasteiger partial charge in [-0.15, -0.1) is 0 Å². The molecule has 4 N–H and O–H groups in total. The van der Waals surface area contributed by atoms with Gasteiger partial charge >= 0.3 is 0 Å². The second-order valence-electron chi connectivity index (χ2n) is 5.53. The zero-order valence-electron chi connectivity index (χ0n) is 11.8. The highest BCUT2D eigenvalue weighted by Gasteiger charge is 2.14. The number of rotatable bonds is 2. The molecule has 1 aliphatic rings. The van der Waals surface area contributed by atoms with E-state index in [2.05, 4.69) is 43.3 Å². The highest BCUT2D eigenvalue weighted by molar-refractivity contribution is 5.83. The third-order valence-corrected chi connectivity index (χ3v) is 4.09. The molecule has 0 spiro atoms. The van der Waals surface area contributed by atoms with Crippen LogP contribution < -0.4 is 10.6 Å². The van der Waals surface area contributed by atoms with Gasteiger partial charge in [0.1, 0.15) is 5.69 Å². The predicted molar refractivity (Wildman–Crippen MR) is 84.2 cm³/mol. The smallest absolute Gasteiger partial charge is 0.158 e. The molecule has 0 radical (unpaired) electrons. The van der Waals surface area contributed by atoms with Crippen LogP contribution in [0.2, 0.25) is 0 Å². The molecule has 108 valence electrons. The van der Waals surface area contributed by atoms with Crippen molar-refractivity contribution in [2.24, 2.45) is 0 Å². The number of nitrogens with one attached hydrogen (secondary N) is 2. The molecule has 3 aromatic rings. The van der Waals surface area contributed by atoms with Crippen molar-refractivity contribution in [3.63, 3.8) is 0 Å². The van der Waals surface area contributed by atoms with Gasteiger partial charge in [0.15, 0.2) is 5.82 Å². The molecule has 0 unspecified atom stereocenters. The average Bonchev–Trinajstić information content (AvgIpc) is 3.12. The predicted octanol–water partition coefficient (Wildman–Crippen LogP) is 2.53. The van der Waals surface area contributed by atoms with Gasteiger partial charge < -0.3 is 15.6 Å². The molecule has 1 fully saturated rings. The van der Waals surface area contributed by atoms with Crippen LogP contribution in [0.25, 0.3) is 22.6 Å². The summed E-state index contributed by atoms with van der Waals surface area (Å²) in [7, 11) is 0. The van der Waals surface area contributed by atoms with Gasteiger partial charge in [0.25, 0.3) is 0 Å². The van der Waals surface area contributed by atoms with E-state index in [0.717, 1.165) is 35.6 Å². The fourth-order valence-corrected chi connectivity index (χ4v) is 2.95.